The van der Waals surface area contributed by atoms with Crippen LogP contribution in [0.5, 0.6) is 0 Å². The Bertz CT molecular complexity index is 308. The van der Waals surface area contributed by atoms with Gasteiger partial charge in [0, 0.05) is 38.3 Å². The fourth-order valence-corrected chi connectivity index (χ4v) is 3.15. The molecular weight excluding hydrogens is 226 g/mol. The summed E-state index contributed by atoms with van der Waals surface area (Å²) < 4.78 is 0. The van der Waals surface area contributed by atoms with Crippen LogP contribution in [-0.2, 0) is 0 Å². The number of amides is 2. The molecule has 2 heterocycles. The molecule has 1 unspecified atom stereocenters. The minimum atomic E-state index is 0.171. The lowest BCUT2D eigenvalue weighted by atomic mass is 10.00. The molecule has 3 rings (SSSR count). The van der Waals surface area contributed by atoms with Crippen LogP contribution in [0.15, 0.2) is 0 Å². The van der Waals surface area contributed by atoms with E-state index in [0.717, 1.165) is 50.9 Å². The van der Waals surface area contributed by atoms with Gasteiger partial charge in [-0.05, 0) is 38.0 Å². The van der Waals surface area contributed by atoms with Crippen LogP contribution < -0.4 is 5.32 Å². The Labute approximate surface area is 110 Å². The van der Waals surface area contributed by atoms with E-state index in [1.54, 1.807) is 0 Å². The molecule has 1 N–H and O–H groups in total. The van der Waals surface area contributed by atoms with Crippen molar-refractivity contribution in [2.45, 2.75) is 51.1 Å². The summed E-state index contributed by atoms with van der Waals surface area (Å²) in [5.74, 6) is 0.783. The number of nitrogens with one attached hydrogen (secondary N) is 1. The molecule has 4 heteroatoms. The SMILES string of the molecule is CC1CCN(C(=O)NC2CCN(C3CC3)C2)CC1. The first kappa shape index (κ1) is 12.3. The number of urea groups is 1. The Hall–Kier alpha value is -0.770. The highest BCUT2D eigenvalue weighted by Crippen LogP contribution is 2.29. The molecule has 0 aromatic carbocycles. The van der Waals surface area contributed by atoms with E-state index >= 15 is 0 Å². The molecule has 0 spiro atoms. The van der Waals surface area contributed by atoms with Gasteiger partial charge in [-0.15, -0.1) is 0 Å². The Morgan fingerprint density at radius 3 is 2.44 bits per heavy atom. The summed E-state index contributed by atoms with van der Waals surface area (Å²) in [6.07, 6.45) is 6.18. The van der Waals surface area contributed by atoms with Crippen molar-refractivity contribution in [3.8, 4) is 0 Å². The summed E-state index contributed by atoms with van der Waals surface area (Å²) in [5.41, 5.74) is 0. The summed E-state index contributed by atoms with van der Waals surface area (Å²) in [4.78, 5) is 16.7. The Kier molecular flexibility index (Phi) is 3.46. The topological polar surface area (TPSA) is 35.6 Å². The van der Waals surface area contributed by atoms with Gasteiger partial charge in [-0.3, -0.25) is 4.90 Å². The molecule has 2 aliphatic heterocycles. The van der Waals surface area contributed by atoms with E-state index in [1.165, 1.54) is 19.4 Å². The second-order valence-corrected chi connectivity index (χ2v) is 6.33. The Balaban J connectivity index is 1.43. The Morgan fingerprint density at radius 2 is 1.78 bits per heavy atom. The molecule has 4 nitrogen and oxygen atoms in total. The van der Waals surface area contributed by atoms with Crippen molar-refractivity contribution in [3.05, 3.63) is 0 Å². The lowest BCUT2D eigenvalue weighted by Crippen LogP contribution is -2.48. The molecular formula is C14H25N3O. The summed E-state index contributed by atoms with van der Waals surface area (Å²) >= 11 is 0. The molecule has 0 bridgehead atoms. The van der Waals surface area contributed by atoms with E-state index < -0.39 is 0 Å². The van der Waals surface area contributed by atoms with Crippen LogP contribution in [0.2, 0.25) is 0 Å². The van der Waals surface area contributed by atoms with Gasteiger partial charge in [0.25, 0.3) is 0 Å². The smallest absolute Gasteiger partial charge is 0.317 e. The maximum absolute atomic E-state index is 12.1. The van der Waals surface area contributed by atoms with E-state index in [9.17, 15) is 4.79 Å². The van der Waals surface area contributed by atoms with Crippen molar-refractivity contribution in [3.63, 3.8) is 0 Å². The van der Waals surface area contributed by atoms with E-state index in [2.05, 4.69) is 17.1 Å². The summed E-state index contributed by atoms with van der Waals surface area (Å²) in [5, 5.41) is 3.22. The Morgan fingerprint density at radius 1 is 1.06 bits per heavy atom. The number of rotatable bonds is 2. The average Bonchev–Trinajstić information content (AvgIpc) is 3.11. The van der Waals surface area contributed by atoms with Crippen molar-refractivity contribution in [1.29, 1.82) is 0 Å². The second-order valence-electron chi connectivity index (χ2n) is 6.33. The molecule has 3 fully saturated rings. The minimum Gasteiger partial charge on any atom is -0.334 e. The molecule has 0 aromatic heterocycles. The molecule has 2 saturated heterocycles. The zero-order chi connectivity index (χ0) is 12.5. The van der Waals surface area contributed by atoms with Gasteiger partial charge in [0.05, 0.1) is 0 Å². The quantitative estimate of drug-likeness (QED) is 0.810. The molecule has 0 radical (unpaired) electrons. The van der Waals surface area contributed by atoms with Crippen LogP contribution in [0.3, 0.4) is 0 Å². The van der Waals surface area contributed by atoms with Crippen LogP contribution in [0.4, 0.5) is 4.79 Å². The number of likely N-dealkylation sites (tertiary alicyclic amines) is 2. The molecule has 1 aliphatic carbocycles. The van der Waals surface area contributed by atoms with Gasteiger partial charge in [-0.1, -0.05) is 6.92 Å². The predicted molar refractivity (Wildman–Crippen MR) is 71.5 cm³/mol. The van der Waals surface area contributed by atoms with Crippen molar-refractivity contribution >= 4 is 6.03 Å². The summed E-state index contributed by atoms with van der Waals surface area (Å²) in [7, 11) is 0. The lowest BCUT2D eigenvalue weighted by Gasteiger charge is -2.31. The first-order valence-corrected chi connectivity index (χ1v) is 7.52. The van der Waals surface area contributed by atoms with E-state index in [-0.39, 0.29) is 6.03 Å². The third kappa shape index (κ3) is 2.79. The number of carbonyl (C=O) groups is 1. The van der Waals surface area contributed by atoms with E-state index in [0.29, 0.717) is 6.04 Å². The van der Waals surface area contributed by atoms with Gasteiger partial charge in [-0.25, -0.2) is 4.79 Å². The minimum absolute atomic E-state index is 0.171. The van der Waals surface area contributed by atoms with Crippen molar-refractivity contribution in [1.82, 2.24) is 15.1 Å². The monoisotopic (exact) mass is 251 g/mol. The first-order chi connectivity index (χ1) is 8.72. The van der Waals surface area contributed by atoms with Crippen LogP contribution in [0.25, 0.3) is 0 Å². The maximum atomic E-state index is 12.1. The average molecular weight is 251 g/mol. The van der Waals surface area contributed by atoms with Gasteiger partial charge in [0.2, 0.25) is 0 Å². The number of piperidine rings is 1. The third-order valence-electron chi connectivity index (χ3n) is 4.68. The normalized spacial score (nSPS) is 30.7. The van der Waals surface area contributed by atoms with Gasteiger partial charge in [-0.2, -0.15) is 0 Å². The molecule has 102 valence electrons. The van der Waals surface area contributed by atoms with Gasteiger partial charge < -0.3 is 10.2 Å². The van der Waals surface area contributed by atoms with Crippen molar-refractivity contribution in [2.75, 3.05) is 26.2 Å². The highest BCUT2D eigenvalue weighted by molar-refractivity contribution is 5.74. The fourth-order valence-electron chi connectivity index (χ4n) is 3.15. The van der Waals surface area contributed by atoms with E-state index in [1.807, 2.05) is 4.90 Å². The summed E-state index contributed by atoms with van der Waals surface area (Å²) in [6, 6.07) is 1.39. The highest BCUT2D eigenvalue weighted by Gasteiger charge is 2.35. The van der Waals surface area contributed by atoms with Crippen LogP contribution >= 0.6 is 0 Å². The second kappa shape index (κ2) is 5.08. The predicted octanol–water partition coefficient (Wildman–Crippen LogP) is 1.66. The third-order valence-corrected chi connectivity index (χ3v) is 4.68. The molecule has 1 saturated carbocycles. The number of carbonyl (C=O) groups excluding carboxylic acids is 1. The highest BCUT2D eigenvalue weighted by atomic mass is 16.2. The number of nitrogens with zero attached hydrogens (tertiary/aromatic N) is 2. The zero-order valence-electron chi connectivity index (χ0n) is 11.4. The lowest BCUT2D eigenvalue weighted by molar-refractivity contribution is 0.170. The van der Waals surface area contributed by atoms with E-state index in [4.69, 9.17) is 0 Å². The van der Waals surface area contributed by atoms with Crippen molar-refractivity contribution < 1.29 is 4.79 Å². The first-order valence-electron chi connectivity index (χ1n) is 7.52. The summed E-state index contributed by atoms with van der Waals surface area (Å²) in [6.45, 7) is 6.39. The molecule has 2 amide bonds. The standard InChI is InChI=1S/C14H25N3O/c1-11-4-7-16(8-5-11)14(18)15-12-6-9-17(10-12)13-2-3-13/h11-13H,2-10H2,1H3,(H,15,18). The van der Waals surface area contributed by atoms with Crippen LogP contribution in [0, 0.1) is 5.92 Å². The fraction of sp³-hybridized carbons (Fsp3) is 0.929. The molecule has 18 heavy (non-hydrogen) atoms. The number of hydrogen-bond donors (Lipinski definition) is 1. The molecule has 1 atom stereocenters. The zero-order valence-corrected chi connectivity index (χ0v) is 11.4. The van der Waals surface area contributed by atoms with Gasteiger partial charge in [0.15, 0.2) is 0 Å². The van der Waals surface area contributed by atoms with Crippen LogP contribution in [-0.4, -0.2) is 54.1 Å². The molecule has 0 aromatic rings. The molecule has 3 aliphatic rings. The van der Waals surface area contributed by atoms with Crippen LogP contribution in [0.1, 0.15) is 39.0 Å². The van der Waals surface area contributed by atoms with Gasteiger partial charge in [0.1, 0.15) is 0 Å². The van der Waals surface area contributed by atoms with Crippen molar-refractivity contribution in [2.24, 2.45) is 5.92 Å². The number of hydrogen-bond acceptors (Lipinski definition) is 2. The largest absolute Gasteiger partial charge is 0.334 e. The maximum Gasteiger partial charge on any atom is 0.317 e. The van der Waals surface area contributed by atoms with Gasteiger partial charge >= 0.3 is 6.03 Å².